The van der Waals surface area contributed by atoms with E-state index in [0.29, 0.717) is 27.9 Å². The number of para-hydroxylation sites is 3. The monoisotopic (exact) mass is 465 g/mol. The molecule has 1 atom stereocenters. The SMILES string of the molecule is CC(=O)N(c1ccccc1)c1nc(COC(=O)CCN2C(=O)[C@@H](C)Oc3ccccc32)cs1. The summed E-state index contributed by atoms with van der Waals surface area (Å²) in [7, 11) is 0. The molecule has 8 nitrogen and oxygen atoms in total. The van der Waals surface area contributed by atoms with Crippen LogP contribution >= 0.6 is 11.3 Å². The first-order chi connectivity index (χ1) is 15.9. The number of amides is 2. The number of ether oxygens (including phenoxy) is 2. The third-order valence-corrected chi connectivity index (χ3v) is 5.93. The van der Waals surface area contributed by atoms with Gasteiger partial charge in [-0.2, -0.15) is 0 Å². The molecule has 1 aliphatic heterocycles. The minimum atomic E-state index is -0.613. The maximum Gasteiger partial charge on any atom is 0.307 e. The van der Waals surface area contributed by atoms with Crippen LogP contribution in [0.2, 0.25) is 0 Å². The highest BCUT2D eigenvalue weighted by Crippen LogP contribution is 2.33. The lowest BCUT2D eigenvalue weighted by Crippen LogP contribution is -2.45. The molecule has 3 aromatic rings. The van der Waals surface area contributed by atoms with E-state index >= 15 is 0 Å². The minimum Gasteiger partial charge on any atom is -0.479 e. The van der Waals surface area contributed by atoms with Gasteiger partial charge in [-0.1, -0.05) is 30.3 Å². The predicted octanol–water partition coefficient (Wildman–Crippen LogP) is 4.08. The molecule has 9 heteroatoms. The summed E-state index contributed by atoms with van der Waals surface area (Å²) in [5, 5.41) is 2.26. The zero-order valence-corrected chi connectivity index (χ0v) is 19.1. The lowest BCUT2D eigenvalue weighted by atomic mass is 10.2. The number of anilines is 3. The molecule has 1 aromatic heterocycles. The van der Waals surface area contributed by atoms with Crippen molar-refractivity contribution in [1.29, 1.82) is 0 Å². The molecule has 0 saturated carbocycles. The summed E-state index contributed by atoms with van der Waals surface area (Å²) in [6.07, 6.45) is -0.578. The highest BCUT2D eigenvalue weighted by molar-refractivity contribution is 7.14. The van der Waals surface area contributed by atoms with Crippen LogP contribution in [0.1, 0.15) is 26.0 Å². The molecular formula is C24H23N3O5S. The topological polar surface area (TPSA) is 89.0 Å². The summed E-state index contributed by atoms with van der Waals surface area (Å²) in [5.74, 6) is -0.193. The van der Waals surface area contributed by atoms with Crippen molar-refractivity contribution in [2.75, 3.05) is 16.3 Å². The third-order valence-electron chi connectivity index (χ3n) is 5.05. The van der Waals surface area contributed by atoms with Crippen LogP contribution in [-0.4, -0.2) is 35.4 Å². The van der Waals surface area contributed by atoms with Crippen molar-refractivity contribution in [1.82, 2.24) is 4.98 Å². The van der Waals surface area contributed by atoms with Crippen LogP contribution in [0, 0.1) is 0 Å². The van der Waals surface area contributed by atoms with Gasteiger partial charge in [-0.25, -0.2) is 4.98 Å². The number of hydrogen-bond donors (Lipinski definition) is 0. The first kappa shape index (κ1) is 22.5. The summed E-state index contributed by atoms with van der Waals surface area (Å²) >= 11 is 1.30. The first-order valence-corrected chi connectivity index (χ1v) is 11.3. The number of aromatic nitrogens is 1. The molecule has 33 heavy (non-hydrogen) atoms. The Morgan fingerprint density at radius 3 is 2.64 bits per heavy atom. The van der Waals surface area contributed by atoms with Gasteiger partial charge in [0.25, 0.3) is 5.91 Å². The first-order valence-electron chi connectivity index (χ1n) is 10.5. The second-order valence-electron chi connectivity index (χ2n) is 7.44. The molecule has 170 valence electrons. The van der Waals surface area contributed by atoms with Crippen LogP contribution in [0.15, 0.2) is 60.0 Å². The van der Waals surface area contributed by atoms with Crippen molar-refractivity contribution in [2.45, 2.75) is 33.0 Å². The molecule has 4 rings (SSSR count). The van der Waals surface area contributed by atoms with Gasteiger partial charge in [0.15, 0.2) is 11.2 Å². The van der Waals surface area contributed by atoms with Gasteiger partial charge in [0, 0.05) is 18.8 Å². The molecule has 2 aromatic carbocycles. The molecule has 0 bridgehead atoms. The Balaban J connectivity index is 1.35. The largest absolute Gasteiger partial charge is 0.479 e. The van der Waals surface area contributed by atoms with Crippen LogP contribution < -0.4 is 14.5 Å². The van der Waals surface area contributed by atoms with E-state index in [1.165, 1.54) is 23.2 Å². The van der Waals surface area contributed by atoms with Gasteiger partial charge in [0.05, 0.1) is 23.5 Å². The lowest BCUT2D eigenvalue weighted by molar-refractivity contribution is -0.144. The van der Waals surface area contributed by atoms with Gasteiger partial charge in [-0.3, -0.25) is 19.3 Å². The standard InChI is InChI=1S/C24H23N3O5S/c1-16-23(30)26(20-10-6-7-11-21(20)32-16)13-12-22(29)31-14-18-15-33-24(25-18)27(17(2)28)19-8-4-3-5-9-19/h3-11,15-16H,12-14H2,1-2H3/t16-/m1/s1. The summed E-state index contributed by atoms with van der Waals surface area (Å²) in [4.78, 5) is 44.5. The number of nitrogens with zero attached hydrogens (tertiary/aromatic N) is 3. The number of fused-ring (bicyclic) bond motifs is 1. The van der Waals surface area contributed by atoms with Crippen molar-refractivity contribution in [3.8, 4) is 5.75 Å². The molecule has 0 fully saturated rings. The van der Waals surface area contributed by atoms with Crippen LogP contribution in [0.3, 0.4) is 0 Å². The fourth-order valence-corrected chi connectivity index (χ4v) is 4.36. The molecule has 0 saturated heterocycles. The van der Waals surface area contributed by atoms with E-state index in [-0.39, 0.29) is 31.4 Å². The summed E-state index contributed by atoms with van der Waals surface area (Å²) in [5.41, 5.74) is 1.90. The maximum absolute atomic E-state index is 12.5. The Morgan fingerprint density at radius 1 is 1.15 bits per heavy atom. The van der Waals surface area contributed by atoms with E-state index in [2.05, 4.69) is 4.98 Å². The fraction of sp³-hybridized carbons (Fsp3) is 0.250. The van der Waals surface area contributed by atoms with Gasteiger partial charge < -0.3 is 14.4 Å². The van der Waals surface area contributed by atoms with Crippen molar-refractivity contribution < 1.29 is 23.9 Å². The highest BCUT2D eigenvalue weighted by atomic mass is 32.1. The Bertz CT molecular complexity index is 1160. The highest BCUT2D eigenvalue weighted by Gasteiger charge is 2.31. The zero-order chi connectivity index (χ0) is 23.4. The van der Waals surface area contributed by atoms with Gasteiger partial charge in [0.2, 0.25) is 5.91 Å². The van der Waals surface area contributed by atoms with Gasteiger partial charge in [-0.05, 0) is 31.2 Å². The molecular weight excluding hydrogens is 442 g/mol. The van der Waals surface area contributed by atoms with Crippen LogP contribution in [0.25, 0.3) is 0 Å². The molecule has 0 spiro atoms. The smallest absolute Gasteiger partial charge is 0.307 e. The molecule has 2 heterocycles. The Labute approximate surface area is 195 Å². The van der Waals surface area contributed by atoms with Crippen molar-refractivity contribution >= 4 is 45.6 Å². The Hall–Kier alpha value is -3.72. The fourth-order valence-electron chi connectivity index (χ4n) is 3.49. The van der Waals surface area contributed by atoms with E-state index in [1.807, 2.05) is 42.5 Å². The number of hydrogen-bond acceptors (Lipinski definition) is 7. The second-order valence-corrected chi connectivity index (χ2v) is 8.28. The van der Waals surface area contributed by atoms with E-state index in [9.17, 15) is 14.4 Å². The van der Waals surface area contributed by atoms with E-state index in [1.54, 1.807) is 29.3 Å². The van der Waals surface area contributed by atoms with Crippen molar-refractivity contribution in [3.05, 3.63) is 65.7 Å². The zero-order valence-electron chi connectivity index (χ0n) is 18.3. The third kappa shape index (κ3) is 5.04. The van der Waals surface area contributed by atoms with Crippen LogP contribution in [0.4, 0.5) is 16.5 Å². The number of rotatable bonds is 7. The summed E-state index contributed by atoms with van der Waals surface area (Å²) in [6, 6.07) is 16.5. The van der Waals surface area contributed by atoms with E-state index in [0.717, 1.165) is 0 Å². The van der Waals surface area contributed by atoms with Gasteiger partial charge in [0.1, 0.15) is 12.4 Å². The summed E-state index contributed by atoms with van der Waals surface area (Å²) < 4.78 is 11.0. The van der Waals surface area contributed by atoms with E-state index in [4.69, 9.17) is 9.47 Å². The molecule has 0 unspecified atom stereocenters. The average molecular weight is 466 g/mol. The Morgan fingerprint density at radius 2 is 1.88 bits per heavy atom. The lowest BCUT2D eigenvalue weighted by Gasteiger charge is -2.32. The second kappa shape index (κ2) is 9.83. The van der Waals surface area contributed by atoms with E-state index < -0.39 is 12.1 Å². The quantitative estimate of drug-likeness (QED) is 0.489. The minimum absolute atomic E-state index is 0.0140. The van der Waals surface area contributed by atoms with Gasteiger partial charge in [-0.15, -0.1) is 11.3 Å². The molecule has 1 aliphatic rings. The summed E-state index contributed by atoms with van der Waals surface area (Å²) in [6.45, 7) is 3.33. The predicted molar refractivity (Wildman–Crippen MR) is 125 cm³/mol. The Kier molecular flexibility index (Phi) is 6.69. The van der Waals surface area contributed by atoms with Gasteiger partial charge >= 0.3 is 5.97 Å². The number of esters is 1. The number of carbonyl (C=O) groups is 3. The molecule has 0 radical (unpaired) electrons. The normalized spacial score (nSPS) is 14.9. The van der Waals surface area contributed by atoms with Crippen molar-refractivity contribution in [3.63, 3.8) is 0 Å². The van der Waals surface area contributed by atoms with Crippen LogP contribution in [0.5, 0.6) is 5.75 Å². The number of benzene rings is 2. The van der Waals surface area contributed by atoms with Crippen LogP contribution in [-0.2, 0) is 25.7 Å². The molecule has 0 aliphatic carbocycles. The molecule has 2 amide bonds. The number of carbonyl (C=O) groups excluding carboxylic acids is 3. The van der Waals surface area contributed by atoms with Crippen molar-refractivity contribution in [2.24, 2.45) is 0 Å². The average Bonchev–Trinajstić information content (AvgIpc) is 3.27. The maximum atomic E-state index is 12.5. The number of thiazole rings is 1. The molecule has 0 N–H and O–H groups in total.